The van der Waals surface area contributed by atoms with Gasteiger partial charge in [-0.3, -0.25) is 5.32 Å². The largest absolute Gasteiger partial charge is 0.353 e. The first-order chi connectivity index (χ1) is 11.5. The van der Waals surface area contributed by atoms with Crippen LogP contribution in [-0.2, 0) is 0 Å². The summed E-state index contributed by atoms with van der Waals surface area (Å²) in [6.07, 6.45) is 0.887. The molecule has 0 aliphatic carbocycles. The fourth-order valence-corrected chi connectivity index (χ4v) is 3.44. The lowest BCUT2D eigenvalue weighted by Crippen LogP contribution is -2.39. The summed E-state index contributed by atoms with van der Waals surface area (Å²) in [5.41, 5.74) is 1.90. The van der Waals surface area contributed by atoms with E-state index in [0.717, 1.165) is 36.7 Å². The van der Waals surface area contributed by atoms with E-state index in [1.54, 1.807) is 0 Å². The van der Waals surface area contributed by atoms with Crippen LogP contribution < -0.4 is 15.5 Å². The molecular weight excluding hydrogens is 324 g/mol. The molecule has 0 aromatic carbocycles. The number of aromatic nitrogens is 3. The summed E-state index contributed by atoms with van der Waals surface area (Å²) >= 11 is 1.45. The zero-order valence-corrected chi connectivity index (χ0v) is 14.9. The molecule has 0 spiro atoms. The minimum Gasteiger partial charge on any atom is -0.353 e. The normalized spacial score (nSPS) is 17.3. The number of aryl methyl sites for hydroxylation is 1. The number of anilines is 2. The molecule has 128 valence electrons. The Morgan fingerprint density at radius 3 is 2.88 bits per heavy atom. The van der Waals surface area contributed by atoms with Crippen LogP contribution in [0.1, 0.15) is 37.6 Å². The van der Waals surface area contributed by atoms with Crippen molar-refractivity contribution < 1.29 is 4.79 Å². The van der Waals surface area contributed by atoms with Crippen LogP contribution >= 0.6 is 11.3 Å². The molecule has 3 heterocycles. The predicted octanol–water partition coefficient (Wildman–Crippen LogP) is 2.77. The van der Waals surface area contributed by atoms with Gasteiger partial charge in [-0.1, -0.05) is 13.8 Å². The van der Waals surface area contributed by atoms with Crippen LogP contribution in [0.5, 0.6) is 0 Å². The molecule has 0 saturated carbocycles. The Bertz CT molecular complexity index is 699. The van der Waals surface area contributed by atoms with Crippen molar-refractivity contribution in [2.75, 3.05) is 23.3 Å². The highest BCUT2D eigenvalue weighted by Gasteiger charge is 2.25. The molecule has 8 heteroatoms. The maximum absolute atomic E-state index is 12.1. The molecule has 1 saturated heterocycles. The van der Waals surface area contributed by atoms with Gasteiger partial charge in [-0.25, -0.2) is 9.78 Å². The Kier molecular flexibility index (Phi) is 4.94. The summed E-state index contributed by atoms with van der Waals surface area (Å²) in [5, 5.41) is 16.7. The number of carbonyl (C=O) groups excluding carboxylic acids is 1. The van der Waals surface area contributed by atoms with Crippen molar-refractivity contribution in [3.8, 4) is 0 Å². The molecule has 0 bridgehead atoms. The second-order valence-corrected chi connectivity index (χ2v) is 7.15. The molecule has 0 unspecified atom stereocenters. The van der Waals surface area contributed by atoms with Crippen LogP contribution in [0.25, 0.3) is 0 Å². The molecule has 1 fully saturated rings. The zero-order chi connectivity index (χ0) is 17.1. The Morgan fingerprint density at radius 1 is 1.38 bits per heavy atom. The van der Waals surface area contributed by atoms with Gasteiger partial charge in [0.05, 0.1) is 11.4 Å². The first kappa shape index (κ1) is 16.6. The van der Waals surface area contributed by atoms with Gasteiger partial charge in [-0.2, -0.15) is 5.10 Å². The summed E-state index contributed by atoms with van der Waals surface area (Å²) in [6.45, 7) is 7.68. The lowest BCUT2D eigenvalue weighted by Gasteiger charge is -2.17. The molecule has 24 heavy (non-hydrogen) atoms. The standard InChI is InChI=1S/C16H22N6OS/c1-10(2)13-9-24-16(18-13)19-15(23)17-12-6-7-22(8-12)14-5-4-11(3)20-21-14/h4-5,9-10,12H,6-8H2,1-3H3,(H2,17,18,19,23)/t12-/m1/s1. The zero-order valence-electron chi connectivity index (χ0n) is 14.1. The lowest BCUT2D eigenvalue weighted by molar-refractivity contribution is 0.249. The van der Waals surface area contributed by atoms with E-state index in [4.69, 9.17) is 0 Å². The molecule has 7 nitrogen and oxygen atoms in total. The number of hydrogen-bond donors (Lipinski definition) is 2. The maximum atomic E-state index is 12.1. The highest BCUT2D eigenvalue weighted by Crippen LogP contribution is 2.21. The van der Waals surface area contributed by atoms with E-state index in [2.05, 4.69) is 44.6 Å². The number of urea groups is 1. The highest BCUT2D eigenvalue weighted by molar-refractivity contribution is 7.13. The Hall–Kier alpha value is -2.22. The average molecular weight is 346 g/mol. The number of thiazole rings is 1. The van der Waals surface area contributed by atoms with Crippen LogP contribution in [0.3, 0.4) is 0 Å². The van der Waals surface area contributed by atoms with Crippen LogP contribution in [0.15, 0.2) is 17.5 Å². The van der Waals surface area contributed by atoms with E-state index in [9.17, 15) is 4.79 Å². The van der Waals surface area contributed by atoms with Gasteiger partial charge in [0.2, 0.25) is 0 Å². The third-order valence-electron chi connectivity index (χ3n) is 3.97. The Balaban J connectivity index is 1.51. The van der Waals surface area contributed by atoms with E-state index in [1.807, 2.05) is 24.4 Å². The van der Waals surface area contributed by atoms with Crippen molar-refractivity contribution in [1.82, 2.24) is 20.5 Å². The SMILES string of the molecule is Cc1ccc(N2CC[C@@H](NC(=O)Nc3nc(C(C)C)cs3)C2)nn1. The molecule has 2 N–H and O–H groups in total. The van der Waals surface area contributed by atoms with Gasteiger partial charge in [0.15, 0.2) is 10.9 Å². The van der Waals surface area contributed by atoms with E-state index in [1.165, 1.54) is 11.3 Å². The fourth-order valence-electron chi connectivity index (χ4n) is 2.57. The van der Waals surface area contributed by atoms with Gasteiger partial charge in [-0.05, 0) is 31.4 Å². The van der Waals surface area contributed by atoms with Crippen LogP contribution in [-0.4, -0.2) is 40.3 Å². The highest BCUT2D eigenvalue weighted by atomic mass is 32.1. The van der Waals surface area contributed by atoms with Gasteiger partial charge in [0.25, 0.3) is 0 Å². The molecule has 1 atom stereocenters. The minimum atomic E-state index is -0.207. The van der Waals surface area contributed by atoms with E-state index in [0.29, 0.717) is 11.0 Å². The molecular formula is C16H22N6OS. The van der Waals surface area contributed by atoms with Crippen molar-refractivity contribution >= 4 is 28.3 Å². The Labute approximate surface area is 145 Å². The van der Waals surface area contributed by atoms with Gasteiger partial charge in [0.1, 0.15) is 0 Å². The molecule has 2 aromatic rings. The predicted molar refractivity (Wildman–Crippen MR) is 95.7 cm³/mol. The quantitative estimate of drug-likeness (QED) is 0.889. The number of rotatable bonds is 4. The second-order valence-electron chi connectivity index (χ2n) is 6.30. The summed E-state index contributed by atoms with van der Waals surface area (Å²) < 4.78 is 0. The first-order valence-electron chi connectivity index (χ1n) is 8.09. The second kappa shape index (κ2) is 7.12. The summed E-state index contributed by atoms with van der Waals surface area (Å²) in [7, 11) is 0. The third-order valence-corrected chi connectivity index (χ3v) is 4.74. The van der Waals surface area contributed by atoms with Gasteiger partial charge in [0, 0.05) is 24.5 Å². The van der Waals surface area contributed by atoms with Crippen LogP contribution in [0.2, 0.25) is 0 Å². The van der Waals surface area contributed by atoms with Crippen molar-refractivity contribution in [3.05, 3.63) is 28.9 Å². The van der Waals surface area contributed by atoms with Crippen LogP contribution in [0, 0.1) is 6.92 Å². The number of carbonyl (C=O) groups is 1. The van der Waals surface area contributed by atoms with Gasteiger partial charge in [-0.15, -0.1) is 16.4 Å². The van der Waals surface area contributed by atoms with Gasteiger partial charge < -0.3 is 10.2 Å². The van der Waals surface area contributed by atoms with E-state index >= 15 is 0 Å². The van der Waals surface area contributed by atoms with E-state index < -0.39 is 0 Å². The summed E-state index contributed by atoms with van der Waals surface area (Å²) in [4.78, 5) is 18.7. The number of amides is 2. The van der Waals surface area contributed by atoms with E-state index in [-0.39, 0.29) is 12.1 Å². The Morgan fingerprint density at radius 2 is 2.21 bits per heavy atom. The number of hydrogen-bond acceptors (Lipinski definition) is 6. The smallest absolute Gasteiger partial charge is 0.321 e. The summed E-state index contributed by atoms with van der Waals surface area (Å²) in [6, 6.07) is 3.80. The number of nitrogens with zero attached hydrogens (tertiary/aromatic N) is 4. The van der Waals surface area contributed by atoms with Crippen molar-refractivity contribution in [2.45, 2.75) is 39.2 Å². The average Bonchev–Trinajstić information content (AvgIpc) is 3.17. The molecule has 2 aromatic heterocycles. The maximum Gasteiger partial charge on any atom is 0.321 e. The van der Waals surface area contributed by atoms with Gasteiger partial charge >= 0.3 is 6.03 Å². The topological polar surface area (TPSA) is 83.0 Å². The molecule has 2 amide bonds. The molecule has 1 aliphatic rings. The third kappa shape index (κ3) is 4.00. The minimum absolute atomic E-state index is 0.0950. The monoisotopic (exact) mass is 346 g/mol. The first-order valence-corrected chi connectivity index (χ1v) is 8.97. The van der Waals surface area contributed by atoms with Crippen molar-refractivity contribution in [1.29, 1.82) is 0 Å². The fraction of sp³-hybridized carbons (Fsp3) is 0.500. The van der Waals surface area contributed by atoms with Crippen LogP contribution in [0.4, 0.5) is 15.7 Å². The molecule has 1 aliphatic heterocycles. The van der Waals surface area contributed by atoms with Crippen molar-refractivity contribution in [3.63, 3.8) is 0 Å². The molecule has 0 radical (unpaired) electrons. The number of nitrogens with one attached hydrogen (secondary N) is 2. The molecule has 3 rings (SSSR count). The summed E-state index contributed by atoms with van der Waals surface area (Å²) in [5.74, 6) is 1.21. The lowest BCUT2D eigenvalue weighted by atomic mass is 10.2. The van der Waals surface area contributed by atoms with Crippen molar-refractivity contribution in [2.24, 2.45) is 0 Å².